The molecule has 126 valence electrons. The zero-order valence-corrected chi connectivity index (χ0v) is 14.3. The van der Waals surface area contributed by atoms with Gasteiger partial charge in [-0.1, -0.05) is 13.8 Å². The van der Waals surface area contributed by atoms with Crippen LogP contribution in [0.2, 0.25) is 0 Å². The molecule has 1 heterocycles. The lowest BCUT2D eigenvalue weighted by Crippen LogP contribution is -2.42. The van der Waals surface area contributed by atoms with Crippen LogP contribution in [0.5, 0.6) is 0 Å². The van der Waals surface area contributed by atoms with Crippen molar-refractivity contribution in [1.29, 1.82) is 0 Å². The van der Waals surface area contributed by atoms with Crippen LogP contribution in [0.1, 0.15) is 49.0 Å². The molecule has 2 amide bonds. The molecular formula is C18H27N3O2. The molecule has 5 nitrogen and oxygen atoms in total. The smallest absolute Gasteiger partial charge is 0.253 e. The molecule has 0 atom stereocenters. The largest absolute Gasteiger partial charge is 0.339 e. The number of benzene rings is 1. The molecular weight excluding hydrogens is 290 g/mol. The summed E-state index contributed by atoms with van der Waals surface area (Å²) in [6, 6.07) is 5.66. The molecule has 0 aromatic heterocycles. The van der Waals surface area contributed by atoms with Gasteiger partial charge in [-0.15, -0.1) is 0 Å². The Kier molecular flexibility index (Phi) is 5.77. The van der Waals surface area contributed by atoms with Crippen molar-refractivity contribution in [2.75, 3.05) is 18.4 Å². The number of carbonyl (C=O) groups is 2. The molecule has 0 aliphatic carbocycles. The number of carbonyl (C=O) groups excluding carboxylic acids is 2. The maximum Gasteiger partial charge on any atom is 0.253 e. The summed E-state index contributed by atoms with van der Waals surface area (Å²) in [6.45, 7) is 7.36. The Morgan fingerprint density at radius 2 is 1.96 bits per heavy atom. The van der Waals surface area contributed by atoms with E-state index in [9.17, 15) is 9.59 Å². The monoisotopic (exact) mass is 317 g/mol. The van der Waals surface area contributed by atoms with Crippen molar-refractivity contribution in [3.8, 4) is 0 Å². The van der Waals surface area contributed by atoms with Gasteiger partial charge < -0.3 is 16.0 Å². The van der Waals surface area contributed by atoms with Crippen LogP contribution < -0.4 is 11.1 Å². The molecule has 2 rings (SSSR count). The second-order valence-corrected chi connectivity index (χ2v) is 6.81. The maximum atomic E-state index is 12.5. The number of likely N-dealkylation sites (tertiary alicyclic amines) is 1. The summed E-state index contributed by atoms with van der Waals surface area (Å²) in [5, 5.41) is 2.91. The number of hydrogen-bond donors (Lipinski definition) is 2. The van der Waals surface area contributed by atoms with E-state index in [1.165, 1.54) is 0 Å². The van der Waals surface area contributed by atoms with E-state index in [2.05, 4.69) is 5.32 Å². The van der Waals surface area contributed by atoms with Crippen molar-refractivity contribution in [1.82, 2.24) is 4.90 Å². The number of nitrogens with two attached hydrogens (primary N) is 1. The van der Waals surface area contributed by atoms with E-state index in [4.69, 9.17) is 5.73 Å². The van der Waals surface area contributed by atoms with Crippen LogP contribution >= 0.6 is 0 Å². The van der Waals surface area contributed by atoms with E-state index in [0.29, 0.717) is 31.0 Å². The van der Waals surface area contributed by atoms with Crippen LogP contribution in [0.25, 0.3) is 0 Å². The number of aryl methyl sites for hydroxylation is 1. The maximum absolute atomic E-state index is 12.5. The first-order valence-corrected chi connectivity index (χ1v) is 8.32. The molecule has 0 bridgehead atoms. The fourth-order valence-corrected chi connectivity index (χ4v) is 2.79. The van der Waals surface area contributed by atoms with Crippen molar-refractivity contribution in [3.05, 3.63) is 29.3 Å². The summed E-state index contributed by atoms with van der Waals surface area (Å²) in [6.07, 6.45) is 2.20. The predicted molar refractivity (Wildman–Crippen MR) is 92.4 cm³/mol. The Hall–Kier alpha value is -1.88. The molecule has 0 unspecified atom stereocenters. The highest BCUT2D eigenvalue weighted by molar-refractivity contribution is 5.96. The zero-order valence-electron chi connectivity index (χ0n) is 14.3. The van der Waals surface area contributed by atoms with Crippen molar-refractivity contribution in [2.45, 2.75) is 46.1 Å². The van der Waals surface area contributed by atoms with Gasteiger partial charge in [0.15, 0.2) is 0 Å². The fraction of sp³-hybridized carbons (Fsp3) is 0.556. The van der Waals surface area contributed by atoms with Crippen LogP contribution in [0.3, 0.4) is 0 Å². The number of nitrogens with one attached hydrogen (secondary N) is 1. The lowest BCUT2D eigenvalue weighted by Gasteiger charge is -2.30. The second kappa shape index (κ2) is 7.59. The summed E-state index contributed by atoms with van der Waals surface area (Å²) < 4.78 is 0. The van der Waals surface area contributed by atoms with Crippen LogP contribution in [0.15, 0.2) is 18.2 Å². The molecule has 0 saturated carbocycles. The molecule has 1 fully saturated rings. The lowest BCUT2D eigenvalue weighted by molar-refractivity contribution is -0.116. The van der Waals surface area contributed by atoms with Gasteiger partial charge >= 0.3 is 0 Å². The minimum absolute atomic E-state index is 0.00666. The molecule has 0 spiro atoms. The number of amides is 2. The number of nitrogens with zero attached hydrogens (tertiary/aromatic N) is 1. The van der Waals surface area contributed by atoms with E-state index in [-0.39, 0.29) is 17.9 Å². The third-order valence-electron chi connectivity index (χ3n) is 4.17. The van der Waals surface area contributed by atoms with E-state index in [1.807, 2.05) is 37.8 Å². The van der Waals surface area contributed by atoms with Gasteiger partial charge in [-0.25, -0.2) is 0 Å². The van der Waals surface area contributed by atoms with Gasteiger partial charge in [-0.3, -0.25) is 9.59 Å². The average molecular weight is 317 g/mol. The van der Waals surface area contributed by atoms with Gasteiger partial charge in [0.2, 0.25) is 5.91 Å². The van der Waals surface area contributed by atoms with Gasteiger partial charge in [0.25, 0.3) is 5.91 Å². The molecule has 1 saturated heterocycles. The quantitative estimate of drug-likeness (QED) is 0.896. The number of anilines is 1. The van der Waals surface area contributed by atoms with Gasteiger partial charge in [-0.2, -0.15) is 0 Å². The highest BCUT2D eigenvalue weighted by Gasteiger charge is 2.22. The predicted octanol–water partition coefficient (Wildman–Crippen LogP) is 2.54. The van der Waals surface area contributed by atoms with Crippen molar-refractivity contribution in [2.24, 2.45) is 11.7 Å². The average Bonchev–Trinajstić information content (AvgIpc) is 2.48. The third-order valence-corrected chi connectivity index (χ3v) is 4.17. The van der Waals surface area contributed by atoms with E-state index in [0.717, 1.165) is 24.1 Å². The molecule has 1 aromatic rings. The SMILES string of the molecule is Cc1cc(C(=O)N2CCC(N)CC2)ccc1NC(=O)CC(C)C. The van der Waals surface area contributed by atoms with Gasteiger partial charge in [-0.05, 0) is 49.4 Å². The summed E-state index contributed by atoms with van der Waals surface area (Å²) in [7, 11) is 0. The summed E-state index contributed by atoms with van der Waals surface area (Å²) >= 11 is 0. The molecule has 1 aromatic carbocycles. The molecule has 0 radical (unpaired) electrons. The first-order valence-electron chi connectivity index (χ1n) is 8.32. The summed E-state index contributed by atoms with van der Waals surface area (Å²) in [5.74, 6) is 0.369. The minimum Gasteiger partial charge on any atom is -0.339 e. The van der Waals surface area contributed by atoms with E-state index in [1.54, 1.807) is 6.07 Å². The van der Waals surface area contributed by atoms with Crippen molar-refractivity contribution < 1.29 is 9.59 Å². The van der Waals surface area contributed by atoms with Gasteiger partial charge in [0, 0.05) is 36.8 Å². The molecule has 3 N–H and O–H groups in total. The first kappa shape index (κ1) is 17.5. The molecule has 1 aliphatic rings. The number of piperidine rings is 1. The number of rotatable bonds is 4. The summed E-state index contributed by atoms with van der Waals surface area (Å²) in [5.41, 5.74) is 8.22. The normalized spacial score (nSPS) is 15.8. The Morgan fingerprint density at radius 3 is 2.52 bits per heavy atom. The molecule has 23 heavy (non-hydrogen) atoms. The standard InChI is InChI=1S/C18H27N3O2/c1-12(2)10-17(22)20-16-5-4-14(11-13(16)3)18(23)21-8-6-15(19)7-9-21/h4-5,11-12,15H,6-10,19H2,1-3H3,(H,20,22). The Labute approximate surface area is 138 Å². The highest BCUT2D eigenvalue weighted by atomic mass is 16.2. The third kappa shape index (κ3) is 4.79. The lowest BCUT2D eigenvalue weighted by atomic mass is 10.0. The molecule has 1 aliphatic heterocycles. The van der Waals surface area contributed by atoms with Crippen LogP contribution in [0, 0.1) is 12.8 Å². The van der Waals surface area contributed by atoms with E-state index >= 15 is 0 Å². The fourth-order valence-electron chi connectivity index (χ4n) is 2.79. The Morgan fingerprint density at radius 1 is 1.30 bits per heavy atom. The Balaban J connectivity index is 2.03. The van der Waals surface area contributed by atoms with Crippen LogP contribution in [-0.2, 0) is 4.79 Å². The van der Waals surface area contributed by atoms with Crippen LogP contribution in [-0.4, -0.2) is 35.8 Å². The zero-order chi connectivity index (χ0) is 17.0. The van der Waals surface area contributed by atoms with Gasteiger partial charge in [0.05, 0.1) is 0 Å². The summed E-state index contributed by atoms with van der Waals surface area (Å²) in [4.78, 5) is 26.3. The molecule has 5 heteroatoms. The first-order chi connectivity index (χ1) is 10.9. The minimum atomic E-state index is 0.00666. The number of hydrogen-bond acceptors (Lipinski definition) is 3. The second-order valence-electron chi connectivity index (χ2n) is 6.81. The topological polar surface area (TPSA) is 75.4 Å². The Bertz CT molecular complexity index is 576. The van der Waals surface area contributed by atoms with Crippen molar-refractivity contribution >= 4 is 17.5 Å². The van der Waals surface area contributed by atoms with Crippen LogP contribution in [0.4, 0.5) is 5.69 Å². The van der Waals surface area contributed by atoms with Crippen molar-refractivity contribution in [3.63, 3.8) is 0 Å². The highest BCUT2D eigenvalue weighted by Crippen LogP contribution is 2.20. The van der Waals surface area contributed by atoms with Gasteiger partial charge in [0.1, 0.15) is 0 Å². The van der Waals surface area contributed by atoms with E-state index < -0.39 is 0 Å².